The predicted octanol–water partition coefficient (Wildman–Crippen LogP) is 2.79. The molecule has 0 heterocycles. The summed E-state index contributed by atoms with van der Waals surface area (Å²) in [4.78, 5) is 0. The van der Waals surface area contributed by atoms with Gasteiger partial charge in [0.05, 0.1) is 0 Å². The van der Waals surface area contributed by atoms with Gasteiger partial charge in [-0.3, -0.25) is 0 Å². The fraction of sp³-hybridized carbons (Fsp3) is 0.538. The average Bonchev–Trinajstić information content (AvgIpc) is 2.24. The van der Waals surface area contributed by atoms with Gasteiger partial charge in [0.1, 0.15) is 0 Å². The van der Waals surface area contributed by atoms with Crippen molar-refractivity contribution in [2.45, 2.75) is 19.3 Å². The van der Waals surface area contributed by atoms with Crippen molar-refractivity contribution in [3.05, 3.63) is 35.4 Å². The molecule has 0 aliphatic heterocycles. The smallest absolute Gasteiger partial charge is 0.0261 e. The Morgan fingerprint density at radius 3 is 3.00 bits per heavy atom. The first kappa shape index (κ1) is 11.0. The zero-order chi connectivity index (χ0) is 10.7. The van der Waals surface area contributed by atoms with Gasteiger partial charge in [0.25, 0.3) is 0 Å². The zero-order valence-corrected chi connectivity index (χ0v) is 9.93. The van der Waals surface area contributed by atoms with E-state index in [9.17, 15) is 0 Å². The minimum absolute atomic E-state index is 0.571. The van der Waals surface area contributed by atoms with Gasteiger partial charge in [0.2, 0.25) is 0 Å². The Morgan fingerprint density at radius 2 is 2.27 bits per heavy atom. The summed E-state index contributed by atoms with van der Waals surface area (Å²) in [6, 6.07) is 8.73. The van der Waals surface area contributed by atoms with Crippen LogP contribution in [0.4, 0.5) is 0 Å². The molecular weight excluding hydrogens is 206 g/mol. The Bertz CT molecular complexity index is 324. The van der Waals surface area contributed by atoms with E-state index in [1.54, 1.807) is 0 Å². The number of hydrogen-bond donors (Lipinski definition) is 1. The van der Waals surface area contributed by atoms with Gasteiger partial charge in [0.15, 0.2) is 0 Å². The van der Waals surface area contributed by atoms with Crippen LogP contribution in [-0.4, -0.2) is 19.0 Å². The van der Waals surface area contributed by atoms with E-state index >= 15 is 0 Å². The number of fused-ring (bicyclic) bond motifs is 1. The fourth-order valence-corrected chi connectivity index (χ4v) is 2.21. The molecule has 1 aliphatic carbocycles. The van der Waals surface area contributed by atoms with E-state index in [4.69, 9.17) is 11.6 Å². The van der Waals surface area contributed by atoms with E-state index in [0.717, 1.165) is 24.9 Å². The number of nitrogens with one attached hydrogen (secondary N) is 1. The Kier molecular flexibility index (Phi) is 3.66. The number of hydrogen-bond acceptors (Lipinski definition) is 1. The molecule has 0 amide bonds. The molecule has 0 saturated carbocycles. The van der Waals surface area contributed by atoms with E-state index < -0.39 is 0 Å². The predicted molar refractivity (Wildman–Crippen MR) is 65.6 cm³/mol. The second-order valence-corrected chi connectivity index (χ2v) is 4.83. The first-order valence-electron chi connectivity index (χ1n) is 5.65. The molecule has 0 radical (unpaired) electrons. The lowest BCUT2D eigenvalue weighted by atomic mass is 9.77. The van der Waals surface area contributed by atoms with Crippen molar-refractivity contribution in [3.8, 4) is 0 Å². The molecule has 1 aromatic rings. The van der Waals surface area contributed by atoms with Gasteiger partial charge in [-0.1, -0.05) is 31.2 Å². The van der Waals surface area contributed by atoms with Gasteiger partial charge in [-0.05, 0) is 30.0 Å². The van der Waals surface area contributed by atoms with Crippen LogP contribution in [0, 0.1) is 5.92 Å². The van der Waals surface area contributed by atoms with E-state index in [1.165, 1.54) is 17.5 Å². The maximum atomic E-state index is 5.76. The second-order valence-electron chi connectivity index (χ2n) is 4.52. The third-order valence-corrected chi connectivity index (χ3v) is 3.64. The van der Waals surface area contributed by atoms with Crippen molar-refractivity contribution in [3.63, 3.8) is 0 Å². The van der Waals surface area contributed by atoms with Gasteiger partial charge in [-0.2, -0.15) is 0 Å². The highest BCUT2D eigenvalue weighted by molar-refractivity contribution is 6.18. The minimum atomic E-state index is 0.571. The molecule has 2 unspecified atom stereocenters. The highest BCUT2D eigenvalue weighted by Crippen LogP contribution is 2.33. The minimum Gasteiger partial charge on any atom is -0.316 e. The Labute approximate surface area is 96.8 Å². The summed E-state index contributed by atoms with van der Waals surface area (Å²) in [6.07, 6.45) is 1.23. The van der Waals surface area contributed by atoms with E-state index in [2.05, 4.69) is 36.5 Å². The van der Waals surface area contributed by atoms with Crippen molar-refractivity contribution < 1.29 is 0 Å². The highest BCUT2D eigenvalue weighted by Gasteiger charge is 2.24. The largest absolute Gasteiger partial charge is 0.316 e. The monoisotopic (exact) mass is 223 g/mol. The van der Waals surface area contributed by atoms with Crippen LogP contribution in [0.3, 0.4) is 0 Å². The fourth-order valence-electron chi connectivity index (χ4n) is 2.10. The van der Waals surface area contributed by atoms with Gasteiger partial charge in [-0.25, -0.2) is 0 Å². The van der Waals surface area contributed by atoms with Crippen molar-refractivity contribution in [2.75, 3.05) is 19.0 Å². The molecule has 2 heteroatoms. The summed E-state index contributed by atoms with van der Waals surface area (Å²) in [7, 11) is 0. The summed E-state index contributed by atoms with van der Waals surface area (Å²) in [5.74, 6) is 2.04. The summed E-state index contributed by atoms with van der Waals surface area (Å²) >= 11 is 5.76. The molecule has 0 fully saturated rings. The molecule has 2 atom stereocenters. The topological polar surface area (TPSA) is 12.0 Å². The first-order valence-corrected chi connectivity index (χ1v) is 6.19. The van der Waals surface area contributed by atoms with Crippen LogP contribution in [0.25, 0.3) is 0 Å². The summed E-state index contributed by atoms with van der Waals surface area (Å²) in [5.41, 5.74) is 3.05. The van der Waals surface area contributed by atoms with Crippen molar-refractivity contribution in [2.24, 2.45) is 5.92 Å². The van der Waals surface area contributed by atoms with Crippen LogP contribution in [0.5, 0.6) is 0 Å². The second kappa shape index (κ2) is 5.00. The van der Waals surface area contributed by atoms with Crippen LogP contribution in [-0.2, 0) is 6.42 Å². The first-order chi connectivity index (χ1) is 7.31. The molecule has 1 N–H and O–H groups in total. The van der Waals surface area contributed by atoms with Crippen LogP contribution < -0.4 is 5.32 Å². The molecule has 2 rings (SSSR count). The lowest BCUT2D eigenvalue weighted by molar-refractivity contribution is 0.493. The van der Waals surface area contributed by atoms with Crippen molar-refractivity contribution in [1.29, 1.82) is 0 Å². The summed E-state index contributed by atoms with van der Waals surface area (Å²) < 4.78 is 0. The SMILES string of the molecule is CC(CCl)CNCC1Cc2ccccc21. The highest BCUT2D eigenvalue weighted by atomic mass is 35.5. The number of benzene rings is 1. The van der Waals surface area contributed by atoms with E-state index in [-0.39, 0.29) is 0 Å². The van der Waals surface area contributed by atoms with Gasteiger partial charge in [-0.15, -0.1) is 11.6 Å². The van der Waals surface area contributed by atoms with Crippen LogP contribution >= 0.6 is 11.6 Å². The Hall–Kier alpha value is -0.530. The van der Waals surface area contributed by atoms with Crippen LogP contribution in [0.2, 0.25) is 0 Å². The molecule has 0 saturated heterocycles. The Morgan fingerprint density at radius 1 is 1.47 bits per heavy atom. The van der Waals surface area contributed by atoms with Gasteiger partial charge < -0.3 is 5.32 Å². The third kappa shape index (κ3) is 2.53. The van der Waals surface area contributed by atoms with E-state index in [0.29, 0.717) is 5.92 Å². The normalized spacial score (nSPS) is 20.5. The molecule has 0 bridgehead atoms. The van der Waals surface area contributed by atoms with Crippen molar-refractivity contribution >= 4 is 11.6 Å². The molecule has 1 nitrogen and oxygen atoms in total. The van der Waals surface area contributed by atoms with Crippen LogP contribution in [0.15, 0.2) is 24.3 Å². The van der Waals surface area contributed by atoms with E-state index in [1.807, 2.05) is 0 Å². The molecule has 0 spiro atoms. The number of rotatable bonds is 5. The summed E-state index contributed by atoms with van der Waals surface area (Å²) in [5, 5.41) is 3.49. The molecule has 1 aromatic carbocycles. The zero-order valence-electron chi connectivity index (χ0n) is 9.17. The maximum absolute atomic E-state index is 5.76. The lowest BCUT2D eigenvalue weighted by Crippen LogP contribution is -2.31. The molecular formula is C13H18ClN. The molecule has 15 heavy (non-hydrogen) atoms. The summed E-state index contributed by atoms with van der Waals surface area (Å²) in [6.45, 7) is 4.30. The van der Waals surface area contributed by atoms with Gasteiger partial charge >= 0.3 is 0 Å². The Balaban J connectivity index is 1.75. The standard InChI is InChI=1S/C13H18ClN/c1-10(7-14)8-15-9-12-6-11-4-2-3-5-13(11)12/h2-5,10,12,15H,6-9H2,1H3. The molecule has 82 valence electrons. The van der Waals surface area contributed by atoms with Crippen LogP contribution in [0.1, 0.15) is 24.0 Å². The quantitative estimate of drug-likeness (QED) is 0.757. The number of alkyl halides is 1. The lowest BCUT2D eigenvalue weighted by Gasteiger charge is -2.30. The number of halogens is 1. The molecule has 0 aromatic heterocycles. The average molecular weight is 224 g/mol. The maximum Gasteiger partial charge on any atom is 0.0261 e. The van der Waals surface area contributed by atoms with Crippen molar-refractivity contribution in [1.82, 2.24) is 5.32 Å². The van der Waals surface area contributed by atoms with Gasteiger partial charge in [0, 0.05) is 18.3 Å². The molecule has 1 aliphatic rings. The third-order valence-electron chi connectivity index (χ3n) is 3.11.